The molecule has 26 heavy (non-hydrogen) atoms. The van der Waals surface area contributed by atoms with Crippen molar-refractivity contribution in [1.82, 2.24) is 4.31 Å². The van der Waals surface area contributed by atoms with Gasteiger partial charge < -0.3 is 5.11 Å². The third kappa shape index (κ3) is 2.42. The lowest BCUT2D eigenvalue weighted by Crippen LogP contribution is -2.47. The Labute approximate surface area is 156 Å². The second-order valence-corrected chi connectivity index (χ2v) is 11.4. The molecule has 2 bridgehead atoms. The fourth-order valence-corrected chi connectivity index (χ4v) is 8.33. The molecule has 0 unspecified atom stereocenters. The highest BCUT2D eigenvalue weighted by Crippen LogP contribution is 2.70. The maximum absolute atomic E-state index is 12.9. The van der Waals surface area contributed by atoms with Crippen LogP contribution in [0.4, 0.5) is 0 Å². The molecule has 3 aliphatic rings. The standard InChI is InChI=1S/C19H31NO5S/c1-6-14(21)17(2,3)15(22)10-16(23)20-13-9-12-7-8-19(13,18(12,4)5)11-26(20,24)25/h12-13,15,22H,6-11H2,1-5H3/t12-,13-,15+,19-/m1/s1. The molecule has 1 spiro atoms. The predicted octanol–water partition coefficient (Wildman–Crippen LogP) is 2.11. The highest BCUT2D eigenvalue weighted by Gasteiger charge is 2.72. The number of aliphatic hydroxyl groups is 1. The summed E-state index contributed by atoms with van der Waals surface area (Å²) in [5.41, 5.74) is -1.54. The van der Waals surface area contributed by atoms with E-state index < -0.39 is 27.4 Å². The second-order valence-electron chi connectivity index (χ2n) is 9.53. The Morgan fingerprint density at radius 2 is 1.92 bits per heavy atom. The van der Waals surface area contributed by atoms with Gasteiger partial charge >= 0.3 is 0 Å². The minimum atomic E-state index is -3.69. The van der Waals surface area contributed by atoms with Gasteiger partial charge in [-0.05, 0) is 30.6 Å². The van der Waals surface area contributed by atoms with Gasteiger partial charge in [-0.2, -0.15) is 0 Å². The predicted molar refractivity (Wildman–Crippen MR) is 97.7 cm³/mol. The van der Waals surface area contributed by atoms with Gasteiger partial charge in [0.2, 0.25) is 15.9 Å². The lowest BCUT2D eigenvalue weighted by Gasteiger charge is -2.37. The van der Waals surface area contributed by atoms with Crippen molar-refractivity contribution in [3.05, 3.63) is 0 Å². The molecule has 0 radical (unpaired) electrons. The molecule has 0 aromatic rings. The van der Waals surface area contributed by atoms with E-state index in [1.165, 1.54) is 0 Å². The van der Waals surface area contributed by atoms with Crippen LogP contribution in [0, 0.1) is 22.2 Å². The number of carbonyl (C=O) groups excluding carboxylic acids is 2. The Hall–Kier alpha value is -0.950. The third-order valence-electron chi connectivity index (χ3n) is 7.90. The smallest absolute Gasteiger partial charge is 0.238 e. The molecule has 7 heteroatoms. The van der Waals surface area contributed by atoms with Crippen molar-refractivity contribution in [2.45, 2.75) is 78.9 Å². The van der Waals surface area contributed by atoms with Crippen molar-refractivity contribution in [3.8, 4) is 0 Å². The van der Waals surface area contributed by atoms with Crippen molar-refractivity contribution in [2.75, 3.05) is 5.75 Å². The number of sulfonamides is 1. The van der Waals surface area contributed by atoms with Gasteiger partial charge in [0.15, 0.2) is 0 Å². The van der Waals surface area contributed by atoms with Crippen LogP contribution in [0.2, 0.25) is 0 Å². The molecule has 2 aliphatic carbocycles. The van der Waals surface area contributed by atoms with E-state index in [2.05, 4.69) is 13.8 Å². The molecule has 1 aliphatic heterocycles. The fourth-order valence-electron chi connectivity index (χ4n) is 5.77. The van der Waals surface area contributed by atoms with E-state index in [4.69, 9.17) is 0 Å². The first-order chi connectivity index (χ1) is 11.8. The van der Waals surface area contributed by atoms with E-state index in [-0.39, 0.29) is 41.2 Å². The minimum Gasteiger partial charge on any atom is -0.392 e. The van der Waals surface area contributed by atoms with E-state index >= 15 is 0 Å². The van der Waals surface area contributed by atoms with Crippen LogP contribution in [0.15, 0.2) is 0 Å². The summed E-state index contributed by atoms with van der Waals surface area (Å²) in [6, 6.07) is -0.300. The molecule has 6 nitrogen and oxygen atoms in total. The average Bonchev–Trinajstić information content (AvgIpc) is 3.00. The van der Waals surface area contributed by atoms with Crippen LogP contribution < -0.4 is 0 Å². The van der Waals surface area contributed by atoms with Crippen LogP contribution >= 0.6 is 0 Å². The summed E-state index contributed by atoms with van der Waals surface area (Å²) in [5, 5.41) is 10.5. The van der Waals surface area contributed by atoms with Gasteiger partial charge in [0.1, 0.15) is 5.78 Å². The first-order valence-electron chi connectivity index (χ1n) is 9.57. The fraction of sp³-hybridized carbons (Fsp3) is 0.895. The Kier molecular flexibility index (Phi) is 4.40. The summed E-state index contributed by atoms with van der Waals surface area (Å²) in [4.78, 5) is 25.0. The number of nitrogens with zero attached hydrogens (tertiary/aromatic N) is 1. The zero-order valence-corrected chi connectivity index (χ0v) is 17.2. The van der Waals surface area contributed by atoms with Crippen LogP contribution in [-0.2, 0) is 19.6 Å². The van der Waals surface area contributed by atoms with Gasteiger partial charge in [0.25, 0.3) is 0 Å². The number of amides is 1. The zero-order chi connectivity index (χ0) is 19.7. The van der Waals surface area contributed by atoms with E-state index in [1.54, 1.807) is 20.8 Å². The van der Waals surface area contributed by atoms with E-state index in [9.17, 15) is 23.1 Å². The first kappa shape index (κ1) is 19.8. The van der Waals surface area contributed by atoms with Crippen LogP contribution in [0.5, 0.6) is 0 Å². The summed E-state index contributed by atoms with van der Waals surface area (Å²) in [6.45, 7) is 9.19. The molecule has 0 aromatic carbocycles. The molecule has 1 saturated heterocycles. The summed E-state index contributed by atoms with van der Waals surface area (Å²) in [6.07, 6.45) is 1.30. The quantitative estimate of drug-likeness (QED) is 0.782. The molecular weight excluding hydrogens is 354 g/mol. The Morgan fingerprint density at radius 3 is 2.46 bits per heavy atom. The maximum atomic E-state index is 12.9. The summed E-state index contributed by atoms with van der Waals surface area (Å²) in [5.74, 6) is -0.256. The number of fused-ring (bicyclic) bond motifs is 1. The zero-order valence-electron chi connectivity index (χ0n) is 16.4. The average molecular weight is 386 g/mol. The Bertz CT molecular complexity index is 741. The summed E-state index contributed by atoms with van der Waals surface area (Å²) in [7, 11) is -3.69. The molecule has 148 valence electrons. The van der Waals surface area contributed by atoms with E-state index in [0.717, 1.165) is 17.1 Å². The van der Waals surface area contributed by atoms with Crippen molar-refractivity contribution < 1.29 is 23.1 Å². The van der Waals surface area contributed by atoms with Gasteiger partial charge in [0.05, 0.1) is 24.3 Å². The molecule has 3 rings (SSSR count). The van der Waals surface area contributed by atoms with Gasteiger partial charge in [-0.15, -0.1) is 0 Å². The van der Waals surface area contributed by atoms with Crippen molar-refractivity contribution in [1.29, 1.82) is 0 Å². The second kappa shape index (κ2) is 5.77. The highest BCUT2D eigenvalue weighted by molar-refractivity contribution is 7.90. The van der Waals surface area contributed by atoms with Crippen molar-refractivity contribution >= 4 is 21.7 Å². The van der Waals surface area contributed by atoms with Gasteiger partial charge in [-0.25, -0.2) is 12.7 Å². The molecule has 4 atom stereocenters. The number of Topliss-reactive ketones (excluding diaryl/α,β-unsaturated/α-hetero) is 1. The lowest BCUT2D eigenvalue weighted by molar-refractivity contribution is -0.138. The molecular formula is C19H31NO5S. The van der Waals surface area contributed by atoms with Crippen LogP contribution in [0.3, 0.4) is 0 Å². The minimum absolute atomic E-state index is 0.0211. The number of aliphatic hydroxyl groups excluding tert-OH is 1. The normalized spacial score (nSPS) is 35.4. The van der Waals surface area contributed by atoms with Gasteiger partial charge in [-0.3, -0.25) is 9.59 Å². The van der Waals surface area contributed by atoms with Crippen LogP contribution in [0.25, 0.3) is 0 Å². The van der Waals surface area contributed by atoms with Gasteiger partial charge in [0, 0.05) is 17.3 Å². The lowest BCUT2D eigenvalue weighted by atomic mass is 9.69. The number of ketones is 1. The molecule has 1 amide bonds. The van der Waals surface area contributed by atoms with E-state index in [0.29, 0.717) is 12.3 Å². The number of carbonyl (C=O) groups is 2. The first-order valence-corrected chi connectivity index (χ1v) is 11.2. The monoisotopic (exact) mass is 385 g/mol. The van der Waals surface area contributed by atoms with Gasteiger partial charge in [-0.1, -0.05) is 34.6 Å². The summed E-state index contributed by atoms with van der Waals surface area (Å²) < 4.78 is 26.8. The summed E-state index contributed by atoms with van der Waals surface area (Å²) >= 11 is 0. The Balaban J connectivity index is 1.86. The molecule has 2 saturated carbocycles. The van der Waals surface area contributed by atoms with Crippen molar-refractivity contribution in [3.63, 3.8) is 0 Å². The third-order valence-corrected chi connectivity index (χ3v) is 9.84. The number of hydrogen-bond acceptors (Lipinski definition) is 5. The SMILES string of the molecule is CCC(=O)C(C)(C)[C@@H](O)CC(=O)N1[C@@H]2C[C@H]3CC[C@]2(CS1(=O)=O)C3(C)C. The van der Waals surface area contributed by atoms with Crippen molar-refractivity contribution in [2.24, 2.45) is 22.2 Å². The molecule has 0 aromatic heterocycles. The highest BCUT2D eigenvalue weighted by atomic mass is 32.2. The molecule has 3 fully saturated rings. The maximum Gasteiger partial charge on any atom is 0.238 e. The Morgan fingerprint density at radius 1 is 1.31 bits per heavy atom. The largest absolute Gasteiger partial charge is 0.392 e. The number of hydrogen-bond donors (Lipinski definition) is 1. The topological polar surface area (TPSA) is 91.8 Å². The molecule has 1 N–H and O–H groups in total. The van der Waals surface area contributed by atoms with Crippen LogP contribution in [-0.4, -0.2) is 47.4 Å². The van der Waals surface area contributed by atoms with E-state index in [1.807, 2.05) is 0 Å². The number of rotatable bonds is 5. The van der Waals surface area contributed by atoms with Crippen LogP contribution in [0.1, 0.15) is 66.7 Å². The molecule has 1 heterocycles.